The summed E-state index contributed by atoms with van der Waals surface area (Å²) in [6.07, 6.45) is 0. The molecule has 0 aliphatic heterocycles. The number of aromatic nitrogens is 1. The number of anilines is 2. The van der Waals surface area contributed by atoms with Crippen LogP contribution in [0.1, 0.15) is 32.6 Å². The topological polar surface area (TPSA) is 152 Å². The van der Waals surface area contributed by atoms with Gasteiger partial charge in [-0.25, -0.2) is 0 Å². The van der Waals surface area contributed by atoms with Gasteiger partial charge in [0, 0.05) is 18.3 Å². The van der Waals surface area contributed by atoms with E-state index in [0.717, 1.165) is 17.1 Å². The molecule has 31 heavy (non-hydrogen) atoms. The molecule has 1 atom stereocenters. The number of nitrogens with zero attached hydrogens (tertiary/aromatic N) is 2. The monoisotopic (exact) mass is 439 g/mol. The van der Waals surface area contributed by atoms with Crippen LogP contribution in [0.3, 0.4) is 0 Å². The number of benzene rings is 2. The van der Waals surface area contributed by atoms with Gasteiger partial charge in [-0.1, -0.05) is 36.4 Å². The van der Waals surface area contributed by atoms with E-state index in [9.17, 15) is 19.5 Å². The summed E-state index contributed by atoms with van der Waals surface area (Å²) in [7, 11) is 0. The zero-order valence-electron chi connectivity index (χ0n) is 16.6. The second-order valence-corrected chi connectivity index (χ2v) is 7.49. The second kappa shape index (κ2) is 9.26. The smallest absolute Gasteiger partial charge is 0.272 e. The normalized spacial score (nSPS) is 11.5. The molecule has 0 aliphatic carbocycles. The van der Waals surface area contributed by atoms with E-state index in [1.807, 2.05) is 30.3 Å². The Morgan fingerprint density at radius 1 is 1.16 bits per heavy atom. The van der Waals surface area contributed by atoms with Crippen molar-refractivity contribution < 1.29 is 19.5 Å². The Morgan fingerprint density at radius 3 is 2.48 bits per heavy atom. The fraction of sp³-hybridized carbons (Fsp3) is 0.143. The van der Waals surface area contributed by atoms with Crippen molar-refractivity contribution in [3.05, 3.63) is 70.7 Å². The number of amides is 3. The molecule has 0 saturated heterocycles. The molecule has 3 aromatic rings. The molecule has 0 bridgehead atoms. The van der Waals surface area contributed by atoms with Gasteiger partial charge in [0.15, 0.2) is 5.69 Å². The molecular formula is C21H21N5O4S. The second-order valence-electron chi connectivity index (χ2n) is 6.71. The molecule has 2 aromatic carbocycles. The van der Waals surface area contributed by atoms with Gasteiger partial charge < -0.3 is 21.9 Å². The van der Waals surface area contributed by atoms with Crippen molar-refractivity contribution in [3.8, 4) is 5.75 Å². The van der Waals surface area contributed by atoms with Gasteiger partial charge in [0.05, 0.1) is 5.69 Å². The molecule has 0 saturated carbocycles. The van der Waals surface area contributed by atoms with Crippen molar-refractivity contribution in [1.29, 1.82) is 0 Å². The number of phenols is 1. The summed E-state index contributed by atoms with van der Waals surface area (Å²) in [5, 5.41) is 12.7. The number of aromatic hydroxyl groups is 1. The van der Waals surface area contributed by atoms with Gasteiger partial charge in [0.2, 0.25) is 5.91 Å². The first-order valence-electron chi connectivity index (χ1n) is 9.28. The molecule has 0 fully saturated rings. The Morgan fingerprint density at radius 2 is 1.87 bits per heavy atom. The van der Waals surface area contributed by atoms with Crippen molar-refractivity contribution in [2.45, 2.75) is 19.5 Å². The van der Waals surface area contributed by atoms with Crippen LogP contribution in [0.4, 0.5) is 11.4 Å². The third-order valence-electron chi connectivity index (χ3n) is 4.56. The van der Waals surface area contributed by atoms with Crippen LogP contribution in [0.5, 0.6) is 5.75 Å². The molecule has 10 heteroatoms. The Labute approximate surface area is 182 Å². The molecule has 3 amide bonds. The minimum Gasteiger partial charge on any atom is -0.508 e. The highest BCUT2D eigenvalue weighted by atomic mass is 32.1. The summed E-state index contributed by atoms with van der Waals surface area (Å²) in [6, 6.07) is 14.3. The van der Waals surface area contributed by atoms with Gasteiger partial charge in [-0.3, -0.25) is 19.3 Å². The molecule has 1 aromatic heterocycles. The van der Waals surface area contributed by atoms with Crippen LogP contribution in [0, 0.1) is 0 Å². The first kappa shape index (κ1) is 21.8. The van der Waals surface area contributed by atoms with Gasteiger partial charge in [0.1, 0.15) is 16.7 Å². The maximum absolute atomic E-state index is 13.3. The number of nitrogens with two attached hydrogens (primary N) is 2. The van der Waals surface area contributed by atoms with E-state index in [1.54, 1.807) is 19.1 Å². The molecule has 0 unspecified atom stereocenters. The van der Waals surface area contributed by atoms with E-state index >= 15 is 0 Å². The molecular weight excluding hydrogens is 418 g/mol. The standard InChI is InChI=1S/C21H21N5O4S/c1-12(20(29)24-11-13-6-3-2-4-7-13)26(14-8-5-9-15(27)10-14)21(30)18-16(22)17(19(23)28)25-31-18/h2-10,12,27H,11,22H2,1H3,(H2,23,28)(H,24,29)/t12-/m0/s1. The fourth-order valence-corrected chi connectivity index (χ4v) is 3.69. The molecule has 0 aliphatic rings. The van der Waals surface area contributed by atoms with Crippen molar-refractivity contribution in [3.63, 3.8) is 0 Å². The molecule has 0 radical (unpaired) electrons. The molecule has 9 nitrogen and oxygen atoms in total. The van der Waals surface area contributed by atoms with Crippen molar-refractivity contribution in [1.82, 2.24) is 9.69 Å². The minimum atomic E-state index is -0.962. The lowest BCUT2D eigenvalue weighted by Crippen LogP contribution is -2.48. The van der Waals surface area contributed by atoms with Crippen LogP contribution in [0.2, 0.25) is 0 Å². The predicted molar refractivity (Wildman–Crippen MR) is 118 cm³/mol. The maximum atomic E-state index is 13.3. The lowest BCUT2D eigenvalue weighted by molar-refractivity contribution is -0.122. The van der Waals surface area contributed by atoms with Gasteiger partial charge in [-0.15, -0.1) is 0 Å². The summed E-state index contributed by atoms with van der Waals surface area (Å²) < 4.78 is 3.85. The SMILES string of the molecule is C[C@@H](C(=O)NCc1ccccc1)N(C(=O)c1snc(C(N)=O)c1N)c1cccc(O)c1. The van der Waals surface area contributed by atoms with Crippen LogP contribution in [0.15, 0.2) is 54.6 Å². The van der Waals surface area contributed by atoms with E-state index in [0.29, 0.717) is 0 Å². The number of rotatable bonds is 7. The summed E-state index contributed by atoms with van der Waals surface area (Å²) >= 11 is 0.718. The van der Waals surface area contributed by atoms with Crippen LogP contribution in [-0.4, -0.2) is 33.2 Å². The summed E-state index contributed by atoms with van der Waals surface area (Å²) in [4.78, 5) is 38.8. The van der Waals surface area contributed by atoms with E-state index < -0.39 is 23.8 Å². The zero-order valence-corrected chi connectivity index (χ0v) is 17.4. The van der Waals surface area contributed by atoms with Crippen LogP contribution < -0.4 is 21.7 Å². The molecule has 6 N–H and O–H groups in total. The Hall–Kier alpha value is -3.92. The quantitative estimate of drug-likeness (QED) is 0.441. The molecule has 3 rings (SSSR count). The van der Waals surface area contributed by atoms with Gasteiger partial charge in [-0.2, -0.15) is 4.37 Å². The lowest BCUT2D eigenvalue weighted by atomic mass is 10.1. The molecule has 160 valence electrons. The first-order chi connectivity index (χ1) is 14.8. The van der Waals surface area contributed by atoms with Gasteiger partial charge >= 0.3 is 0 Å². The van der Waals surface area contributed by atoms with Crippen LogP contribution >= 0.6 is 11.5 Å². The largest absolute Gasteiger partial charge is 0.508 e. The van der Waals surface area contributed by atoms with Crippen LogP contribution in [0.25, 0.3) is 0 Å². The number of primary amides is 1. The lowest BCUT2D eigenvalue weighted by Gasteiger charge is -2.28. The zero-order chi connectivity index (χ0) is 22.5. The van der Waals surface area contributed by atoms with E-state index in [2.05, 4.69) is 9.69 Å². The summed E-state index contributed by atoms with van der Waals surface area (Å²) in [5.41, 5.74) is 12.0. The Kier molecular flexibility index (Phi) is 6.51. The highest BCUT2D eigenvalue weighted by Gasteiger charge is 2.32. The van der Waals surface area contributed by atoms with Gasteiger partial charge in [0.25, 0.3) is 11.8 Å². The van der Waals surface area contributed by atoms with Gasteiger partial charge in [-0.05, 0) is 36.2 Å². The average molecular weight is 439 g/mol. The minimum absolute atomic E-state index is 0.0279. The Balaban J connectivity index is 1.92. The average Bonchev–Trinajstić information content (AvgIpc) is 3.14. The number of hydrogen-bond acceptors (Lipinski definition) is 7. The highest BCUT2D eigenvalue weighted by Crippen LogP contribution is 2.29. The fourth-order valence-electron chi connectivity index (χ4n) is 2.95. The number of hydrogen-bond donors (Lipinski definition) is 4. The Bertz CT molecular complexity index is 1120. The van der Waals surface area contributed by atoms with Crippen molar-refractivity contribution in [2.75, 3.05) is 10.6 Å². The first-order valence-corrected chi connectivity index (χ1v) is 10.1. The van der Waals surface area contributed by atoms with E-state index in [4.69, 9.17) is 11.5 Å². The molecule has 0 spiro atoms. The molecule has 1 heterocycles. The van der Waals surface area contributed by atoms with Crippen molar-refractivity contribution in [2.24, 2.45) is 5.73 Å². The third kappa shape index (κ3) is 4.81. The maximum Gasteiger partial charge on any atom is 0.272 e. The highest BCUT2D eigenvalue weighted by molar-refractivity contribution is 7.09. The number of carbonyl (C=O) groups excluding carboxylic acids is 3. The number of nitrogen functional groups attached to an aromatic ring is 1. The number of nitrogens with one attached hydrogen (secondary N) is 1. The summed E-state index contributed by atoms with van der Waals surface area (Å²) in [6.45, 7) is 1.83. The van der Waals surface area contributed by atoms with Crippen molar-refractivity contribution >= 4 is 40.6 Å². The summed E-state index contributed by atoms with van der Waals surface area (Å²) in [5.74, 6) is -2.00. The third-order valence-corrected chi connectivity index (χ3v) is 5.41. The van der Waals surface area contributed by atoms with Crippen LogP contribution in [-0.2, 0) is 11.3 Å². The van der Waals surface area contributed by atoms with E-state index in [-0.39, 0.29) is 34.2 Å². The number of phenolic OH excluding ortho intramolecular Hbond substituents is 1. The number of carbonyl (C=O) groups is 3. The van der Waals surface area contributed by atoms with E-state index in [1.165, 1.54) is 17.0 Å². The predicted octanol–water partition coefficient (Wildman–Crippen LogP) is 1.88.